The average molecular weight is 429 g/mol. The van der Waals surface area contributed by atoms with Crippen LogP contribution in [0.25, 0.3) is 0 Å². The lowest BCUT2D eigenvalue weighted by atomic mass is 10.2. The fourth-order valence-corrected chi connectivity index (χ4v) is 2.89. The summed E-state index contributed by atoms with van der Waals surface area (Å²) in [5, 5.41) is 14.2. The monoisotopic (exact) mass is 428 g/mol. The van der Waals surface area contributed by atoms with Gasteiger partial charge in [-0.2, -0.15) is 0 Å². The number of nitrogens with one attached hydrogen (secondary N) is 2. The van der Waals surface area contributed by atoms with Crippen LogP contribution in [0.5, 0.6) is 11.5 Å². The molecule has 0 fully saturated rings. The highest BCUT2D eigenvalue weighted by molar-refractivity contribution is 7.80. The van der Waals surface area contributed by atoms with Crippen molar-refractivity contribution in [1.82, 2.24) is 5.32 Å². The van der Waals surface area contributed by atoms with Gasteiger partial charge < -0.3 is 19.9 Å². The molecule has 2 aromatic carbocycles. The number of carbonyl (C=O) groups is 2. The number of halogens is 2. The van der Waals surface area contributed by atoms with Gasteiger partial charge in [-0.05, 0) is 42.5 Å². The van der Waals surface area contributed by atoms with Crippen molar-refractivity contribution in [3.05, 3.63) is 51.5 Å². The molecule has 0 radical (unpaired) electrons. The minimum absolute atomic E-state index is 0.0441. The molecular weight excluding hydrogens is 415 g/mol. The summed E-state index contributed by atoms with van der Waals surface area (Å²) in [6.45, 7) is 0. The standard InChI is InChI=1S/C17H14Cl2N2O5S/c1-25-12-4-3-8(7-13(12)26-2)15(22)21-17(27)20-14-10(18)5-9(16(23)24)6-11(14)19/h3-7H,1-2H3,(H,23,24)(H2,20,21,22,27). The number of carbonyl (C=O) groups excluding carboxylic acids is 1. The van der Waals surface area contributed by atoms with Crippen LogP contribution in [0.1, 0.15) is 20.7 Å². The Bertz CT molecular complexity index is 897. The van der Waals surface area contributed by atoms with Crippen molar-refractivity contribution in [2.24, 2.45) is 0 Å². The molecule has 2 aromatic rings. The molecule has 0 aliphatic carbocycles. The number of thiocarbonyl (C=S) groups is 1. The number of benzene rings is 2. The number of amides is 1. The Morgan fingerprint density at radius 3 is 2.11 bits per heavy atom. The smallest absolute Gasteiger partial charge is 0.335 e. The first-order chi connectivity index (χ1) is 12.8. The first kappa shape index (κ1) is 20.8. The van der Waals surface area contributed by atoms with Crippen LogP contribution in [0.3, 0.4) is 0 Å². The molecule has 0 bridgehead atoms. The molecule has 2 rings (SSSR count). The molecule has 0 saturated heterocycles. The van der Waals surface area contributed by atoms with Crippen LogP contribution >= 0.6 is 35.4 Å². The summed E-state index contributed by atoms with van der Waals surface area (Å²) >= 11 is 17.2. The molecular formula is C17H14Cl2N2O5S. The maximum atomic E-state index is 12.3. The predicted molar refractivity (Wildman–Crippen MR) is 107 cm³/mol. The third-order valence-electron chi connectivity index (χ3n) is 3.40. The van der Waals surface area contributed by atoms with Crippen molar-refractivity contribution in [3.63, 3.8) is 0 Å². The number of anilines is 1. The number of rotatable bonds is 5. The lowest BCUT2D eigenvalue weighted by Crippen LogP contribution is -2.34. The summed E-state index contributed by atoms with van der Waals surface area (Å²) in [4.78, 5) is 23.3. The van der Waals surface area contributed by atoms with E-state index in [0.29, 0.717) is 11.5 Å². The van der Waals surface area contributed by atoms with Gasteiger partial charge in [0.1, 0.15) is 0 Å². The summed E-state index contributed by atoms with van der Waals surface area (Å²) in [5.41, 5.74) is 0.395. The third-order valence-corrected chi connectivity index (χ3v) is 4.20. The molecule has 10 heteroatoms. The van der Waals surface area contributed by atoms with E-state index in [-0.39, 0.29) is 32.0 Å². The zero-order valence-electron chi connectivity index (χ0n) is 14.1. The molecule has 3 N–H and O–H groups in total. The van der Waals surface area contributed by atoms with Crippen molar-refractivity contribution in [2.45, 2.75) is 0 Å². The van der Waals surface area contributed by atoms with Crippen LogP contribution in [0.2, 0.25) is 10.0 Å². The summed E-state index contributed by atoms with van der Waals surface area (Å²) in [6, 6.07) is 7.07. The van der Waals surface area contributed by atoms with E-state index in [4.69, 9.17) is 50.0 Å². The predicted octanol–water partition coefficient (Wildman–Crippen LogP) is 3.84. The largest absolute Gasteiger partial charge is 0.493 e. The van der Waals surface area contributed by atoms with Crippen molar-refractivity contribution >= 4 is 58.1 Å². The van der Waals surface area contributed by atoms with Crippen molar-refractivity contribution < 1.29 is 24.2 Å². The van der Waals surface area contributed by atoms with Gasteiger partial charge in [0.2, 0.25) is 0 Å². The SMILES string of the molecule is COc1ccc(C(=O)NC(=S)Nc2c(Cl)cc(C(=O)O)cc2Cl)cc1OC. The lowest BCUT2D eigenvalue weighted by molar-refractivity contribution is 0.0696. The minimum Gasteiger partial charge on any atom is -0.493 e. The Balaban J connectivity index is 2.14. The molecule has 27 heavy (non-hydrogen) atoms. The summed E-state index contributed by atoms with van der Waals surface area (Å²) < 4.78 is 10.3. The highest BCUT2D eigenvalue weighted by atomic mass is 35.5. The maximum Gasteiger partial charge on any atom is 0.335 e. The second kappa shape index (κ2) is 8.90. The van der Waals surface area contributed by atoms with Gasteiger partial charge in [0.25, 0.3) is 5.91 Å². The molecule has 0 atom stereocenters. The van der Waals surface area contributed by atoms with Crippen LogP contribution in [-0.2, 0) is 0 Å². The fourth-order valence-electron chi connectivity index (χ4n) is 2.11. The number of carboxylic acid groups (broad SMARTS) is 1. The van der Waals surface area contributed by atoms with Crippen LogP contribution in [0.15, 0.2) is 30.3 Å². The van der Waals surface area contributed by atoms with E-state index in [2.05, 4.69) is 10.6 Å². The quantitative estimate of drug-likeness (QED) is 0.622. The van der Waals surface area contributed by atoms with Gasteiger partial charge in [-0.1, -0.05) is 23.2 Å². The number of aromatic carboxylic acids is 1. The van der Waals surface area contributed by atoms with E-state index >= 15 is 0 Å². The Kier molecular flexibility index (Phi) is 6.84. The second-order valence-electron chi connectivity index (χ2n) is 5.10. The van der Waals surface area contributed by atoms with Crippen molar-refractivity contribution in [1.29, 1.82) is 0 Å². The van der Waals surface area contributed by atoms with Crippen LogP contribution in [0.4, 0.5) is 5.69 Å². The molecule has 0 aliphatic rings. The van der Waals surface area contributed by atoms with E-state index in [1.807, 2.05) is 0 Å². The molecule has 7 nitrogen and oxygen atoms in total. The number of methoxy groups -OCH3 is 2. The van der Waals surface area contributed by atoms with Crippen LogP contribution in [0, 0.1) is 0 Å². The Labute approximate surface area is 170 Å². The Morgan fingerprint density at radius 1 is 1.00 bits per heavy atom. The van der Waals surface area contributed by atoms with E-state index < -0.39 is 11.9 Å². The van der Waals surface area contributed by atoms with Crippen molar-refractivity contribution in [3.8, 4) is 11.5 Å². The first-order valence-corrected chi connectivity index (χ1v) is 8.50. The van der Waals surface area contributed by atoms with Gasteiger partial charge >= 0.3 is 5.97 Å². The van der Waals surface area contributed by atoms with Crippen LogP contribution < -0.4 is 20.1 Å². The Morgan fingerprint density at radius 2 is 1.59 bits per heavy atom. The summed E-state index contributed by atoms with van der Waals surface area (Å²) in [5.74, 6) is -0.802. The highest BCUT2D eigenvalue weighted by Gasteiger charge is 2.16. The van der Waals surface area contributed by atoms with E-state index in [1.54, 1.807) is 12.1 Å². The maximum absolute atomic E-state index is 12.3. The van der Waals surface area contributed by atoms with E-state index in [1.165, 1.54) is 32.4 Å². The molecule has 0 saturated carbocycles. The third kappa shape index (κ3) is 5.00. The summed E-state index contributed by atoms with van der Waals surface area (Å²) in [6.07, 6.45) is 0. The summed E-state index contributed by atoms with van der Waals surface area (Å²) in [7, 11) is 2.94. The molecule has 0 aromatic heterocycles. The molecule has 142 valence electrons. The number of carboxylic acids is 1. The van der Waals surface area contributed by atoms with Gasteiger partial charge in [-0.15, -0.1) is 0 Å². The molecule has 0 aliphatic heterocycles. The number of ether oxygens (including phenoxy) is 2. The van der Waals surface area contributed by atoms with Gasteiger partial charge in [-0.3, -0.25) is 10.1 Å². The lowest BCUT2D eigenvalue weighted by Gasteiger charge is -2.14. The first-order valence-electron chi connectivity index (χ1n) is 7.33. The topological polar surface area (TPSA) is 96.9 Å². The van der Waals surface area contributed by atoms with E-state index in [0.717, 1.165) is 0 Å². The van der Waals surface area contributed by atoms with Gasteiger partial charge in [-0.25, -0.2) is 4.79 Å². The van der Waals surface area contributed by atoms with Gasteiger partial charge in [0.05, 0.1) is 35.5 Å². The molecule has 0 heterocycles. The van der Waals surface area contributed by atoms with Gasteiger partial charge in [0.15, 0.2) is 16.6 Å². The Hall–Kier alpha value is -2.55. The number of hydrogen-bond donors (Lipinski definition) is 3. The normalized spacial score (nSPS) is 10.1. The zero-order chi connectivity index (χ0) is 20.1. The highest BCUT2D eigenvalue weighted by Crippen LogP contribution is 2.32. The average Bonchev–Trinajstić information content (AvgIpc) is 2.63. The van der Waals surface area contributed by atoms with Crippen LogP contribution in [-0.4, -0.2) is 36.3 Å². The number of hydrogen-bond acceptors (Lipinski definition) is 5. The fraction of sp³-hybridized carbons (Fsp3) is 0.118. The van der Waals surface area contributed by atoms with Crippen molar-refractivity contribution in [2.75, 3.05) is 19.5 Å². The van der Waals surface area contributed by atoms with Gasteiger partial charge in [0, 0.05) is 5.56 Å². The van der Waals surface area contributed by atoms with E-state index in [9.17, 15) is 9.59 Å². The zero-order valence-corrected chi connectivity index (χ0v) is 16.5. The molecule has 1 amide bonds. The second-order valence-corrected chi connectivity index (χ2v) is 6.32. The molecule has 0 spiro atoms. The molecule has 0 unspecified atom stereocenters. The minimum atomic E-state index is -1.17.